The quantitative estimate of drug-likeness (QED) is 0.709. The molecule has 0 fully saturated rings. The van der Waals surface area contributed by atoms with E-state index >= 15 is 0 Å². The minimum absolute atomic E-state index is 0.0113. The standard InChI is InChI=1S/C17H16N2O2S/c1-11(20)15-6-7-16(22-15)17(21)18-9-8-12-10-19-14-5-3-2-4-13(12)14/h2-7,10,19H,8-9H2,1H3,(H,18,21). The van der Waals surface area contributed by atoms with E-state index in [4.69, 9.17) is 0 Å². The number of ketones is 1. The van der Waals surface area contributed by atoms with Gasteiger partial charge in [-0.3, -0.25) is 9.59 Å². The second-order valence-corrected chi connectivity index (χ2v) is 6.17. The number of aromatic nitrogens is 1. The van der Waals surface area contributed by atoms with Crippen molar-refractivity contribution in [3.05, 3.63) is 57.9 Å². The van der Waals surface area contributed by atoms with Gasteiger partial charge in [0.1, 0.15) is 0 Å². The number of rotatable bonds is 5. The van der Waals surface area contributed by atoms with Crippen molar-refractivity contribution in [2.45, 2.75) is 13.3 Å². The topological polar surface area (TPSA) is 62.0 Å². The lowest BCUT2D eigenvalue weighted by Crippen LogP contribution is -2.24. The molecule has 2 heterocycles. The number of amides is 1. The van der Waals surface area contributed by atoms with Gasteiger partial charge in [0.2, 0.25) is 0 Å². The summed E-state index contributed by atoms with van der Waals surface area (Å²) < 4.78 is 0. The molecular formula is C17H16N2O2S. The van der Waals surface area contributed by atoms with Crippen molar-refractivity contribution in [3.63, 3.8) is 0 Å². The SMILES string of the molecule is CC(=O)c1ccc(C(=O)NCCc2c[nH]c3ccccc23)s1. The minimum Gasteiger partial charge on any atom is -0.361 e. The van der Waals surface area contributed by atoms with E-state index in [0.717, 1.165) is 11.9 Å². The van der Waals surface area contributed by atoms with Crippen LogP contribution < -0.4 is 5.32 Å². The second kappa shape index (κ2) is 6.15. The Morgan fingerprint density at radius 2 is 1.91 bits per heavy atom. The van der Waals surface area contributed by atoms with Crippen molar-refractivity contribution < 1.29 is 9.59 Å². The van der Waals surface area contributed by atoms with E-state index in [2.05, 4.69) is 16.4 Å². The third-order valence-electron chi connectivity index (χ3n) is 3.53. The van der Waals surface area contributed by atoms with Gasteiger partial charge in [-0.05, 0) is 37.1 Å². The molecule has 0 unspecified atom stereocenters. The third kappa shape index (κ3) is 2.94. The maximum Gasteiger partial charge on any atom is 0.261 e. The van der Waals surface area contributed by atoms with Gasteiger partial charge in [0.25, 0.3) is 5.91 Å². The number of benzene rings is 1. The van der Waals surface area contributed by atoms with Crippen LogP contribution in [0.25, 0.3) is 10.9 Å². The highest BCUT2D eigenvalue weighted by molar-refractivity contribution is 7.15. The predicted octanol–water partition coefficient (Wildman–Crippen LogP) is 3.40. The summed E-state index contributed by atoms with van der Waals surface area (Å²) in [4.78, 5) is 27.7. The largest absolute Gasteiger partial charge is 0.361 e. The Labute approximate surface area is 132 Å². The van der Waals surface area contributed by atoms with E-state index in [0.29, 0.717) is 16.3 Å². The van der Waals surface area contributed by atoms with Crippen LogP contribution in [0.5, 0.6) is 0 Å². The fourth-order valence-corrected chi connectivity index (χ4v) is 3.20. The number of thiophene rings is 1. The van der Waals surface area contributed by atoms with Crippen LogP contribution in [0.2, 0.25) is 0 Å². The molecule has 0 atom stereocenters. The molecule has 0 aliphatic rings. The Morgan fingerprint density at radius 1 is 1.14 bits per heavy atom. The highest BCUT2D eigenvalue weighted by Crippen LogP contribution is 2.18. The first kappa shape index (κ1) is 14.5. The number of hydrogen-bond donors (Lipinski definition) is 2. The first-order valence-corrected chi connectivity index (χ1v) is 7.91. The molecule has 4 nitrogen and oxygen atoms in total. The lowest BCUT2D eigenvalue weighted by Gasteiger charge is -2.03. The summed E-state index contributed by atoms with van der Waals surface area (Å²) in [6, 6.07) is 11.5. The van der Waals surface area contributed by atoms with Crippen molar-refractivity contribution in [2.75, 3.05) is 6.54 Å². The van der Waals surface area contributed by atoms with Crippen LogP contribution in [0.15, 0.2) is 42.6 Å². The van der Waals surface area contributed by atoms with E-state index in [1.807, 2.05) is 24.4 Å². The maximum absolute atomic E-state index is 12.1. The number of carbonyl (C=O) groups excluding carboxylic acids is 2. The van der Waals surface area contributed by atoms with Gasteiger partial charge in [0.15, 0.2) is 5.78 Å². The average Bonchev–Trinajstić information content (AvgIpc) is 3.14. The van der Waals surface area contributed by atoms with Gasteiger partial charge < -0.3 is 10.3 Å². The molecule has 0 radical (unpaired) electrons. The number of nitrogens with one attached hydrogen (secondary N) is 2. The second-order valence-electron chi connectivity index (χ2n) is 5.09. The molecule has 0 bridgehead atoms. The third-order valence-corrected chi connectivity index (χ3v) is 4.72. The first-order valence-electron chi connectivity index (χ1n) is 7.09. The molecule has 2 N–H and O–H groups in total. The molecule has 3 rings (SSSR count). The molecule has 1 amide bonds. The molecule has 2 aromatic heterocycles. The smallest absolute Gasteiger partial charge is 0.261 e. The minimum atomic E-state index is -0.127. The number of fused-ring (bicyclic) bond motifs is 1. The van der Waals surface area contributed by atoms with Crippen molar-refractivity contribution in [1.82, 2.24) is 10.3 Å². The van der Waals surface area contributed by atoms with Crippen molar-refractivity contribution in [2.24, 2.45) is 0 Å². The van der Waals surface area contributed by atoms with Crippen LogP contribution in [-0.2, 0) is 6.42 Å². The summed E-state index contributed by atoms with van der Waals surface area (Å²) in [6.45, 7) is 2.07. The lowest BCUT2D eigenvalue weighted by molar-refractivity contribution is 0.0957. The molecule has 0 aliphatic carbocycles. The predicted molar refractivity (Wildman–Crippen MR) is 88.7 cm³/mol. The van der Waals surface area contributed by atoms with E-state index < -0.39 is 0 Å². The highest BCUT2D eigenvalue weighted by Gasteiger charge is 2.11. The van der Waals surface area contributed by atoms with Crippen molar-refractivity contribution >= 4 is 33.9 Å². The Balaban J connectivity index is 1.60. The van der Waals surface area contributed by atoms with Gasteiger partial charge in [0.05, 0.1) is 9.75 Å². The molecule has 3 aromatic rings. The van der Waals surface area contributed by atoms with Gasteiger partial charge in [-0.25, -0.2) is 0 Å². The molecule has 112 valence electrons. The van der Waals surface area contributed by atoms with E-state index in [-0.39, 0.29) is 11.7 Å². The van der Waals surface area contributed by atoms with Gasteiger partial charge >= 0.3 is 0 Å². The van der Waals surface area contributed by atoms with Crippen LogP contribution in [0.3, 0.4) is 0 Å². The van der Waals surface area contributed by atoms with Crippen LogP contribution in [-0.4, -0.2) is 23.2 Å². The van der Waals surface area contributed by atoms with Crippen molar-refractivity contribution in [3.8, 4) is 0 Å². The Kier molecular flexibility index (Phi) is 4.06. The fraction of sp³-hybridized carbons (Fsp3) is 0.176. The number of hydrogen-bond acceptors (Lipinski definition) is 3. The summed E-state index contributed by atoms with van der Waals surface area (Å²) in [5.41, 5.74) is 2.29. The van der Waals surface area contributed by atoms with E-state index in [9.17, 15) is 9.59 Å². The van der Waals surface area contributed by atoms with Crippen LogP contribution in [0.1, 0.15) is 31.8 Å². The number of H-pyrrole nitrogens is 1. The Bertz CT molecular complexity index is 832. The van der Waals surface area contributed by atoms with Crippen LogP contribution in [0, 0.1) is 0 Å². The zero-order valence-corrected chi connectivity index (χ0v) is 13.0. The summed E-state index contributed by atoms with van der Waals surface area (Å²) in [5.74, 6) is -0.139. The van der Waals surface area contributed by atoms with Gasteiger partial charge in [-0.2, -0.15) is 0 Å². The first-order chi connectivity index (χ1) is 10.6. The summed E-state index contributed by atoms with van der Waals surface area (Å²) in [7, 11) is 0. The number of para-hydroxylation sites is 1. The van der Waals surface area contributed by atoms with E-state index in [1.165, 1.54) is 29.2 Å². The number of Topliss-reactive ketones (excluding diaryl/α,β-unsaturated/α-hetero) is 1. The monoisotopic (exact) mass is 312 g/mol. The molecule has 0 saturated carbocycles. The van der Waals surface area contributed by atoms with Gasteiger partial charge in [0, 0.05) is 23.6 Å². The van der Waals surface area contributed by atoms with Crippen molar-refractivity contribution in [1.29, 1.82) is 0 Å². The Hall–Kier alpha value is -2.40. The number of aromatic amines is 1. The summed E-state index contributed by atoms with van der Waals surface area (Å²) >= 11 is 1.23. The van der Waals surface area contributed by atoms with Crippen LogP contribution >= 0.6 is 11.3 Å². The molecule has 1 aromatic carbocycles. The van der Waals surface area contributed by atoms with Crippen LogP contribution in [0.4, 0.5) is 0 Å². The molecular weight excluding hydrogens is 296 g/mol. The highest BCUT2D eigenvalue weighted by atomic mass is 32.1. The molecule has 0 spiro atoms. The molecule has 0 saturated heterocycles. The van der Waals surface area contributed by atoms with Gasteiger partial charge in [-0.1, -0.05) is 18.2 Å². The average molecular weight is 312 g/mol. The van der Waals surface area contributed by atoms with E-state index in [1.54, 1.807) is 12.1 Å². The summed E-state index contributed by atoms with van der Waals surface area (Å²) in [5, 5.41) is 4.09. The summed E-state index contributed by atoms with van der Waals surface area (Å²) in [6.07, 6.45) is 2.75. The number of carbonyl (C=O) groups is 2. The lowest BCUT2D eigenvalue weighted by atomic mass is 10.1. The normalized spacial score (nSPS) is 10.8. The maximum atomic E-state index is 12.1. The Morgan fingerprint density at radius 3 is 2.68 bits per heavy atom. The zero-order chi connectivity index (χ0) is 15.5. The molecule has 0 aliphatic heterocycles. The van der Waals surface area contributed by atoms with Gasteiger partial charge in [-0.15, -0.1) is 11.3 Å². The fourth-order valence-electron chi connectivity index (χ4n) is 2.39. The zero-order valence-electron chi connectivity index (χ0n) is 12.2. The molecule has 22 heavy (non-hydrogen) atoms. The molecule has 5 heteroatoms.